The molecule has 0 radical (unpaired) electrons. The van der Waals surface area contributed by atoms with Crippen LogP contribution in [0.25, 0.3) is 0 Å². The summed E-state index contributed by atoms with van der Waals surface area (Å²) < 4.78 is 30.1. The molecule has 15 heteroatoms. The van der Waals surface area contributed by atoms with E-state index in [0.29, 0.717) is 19.5 Å². The summed E-state index contributed by atoms with van der Waals surface area (Å²) in [5.74, 6) is -0.185. The van der Waals surface area contributed by atoms with Crippen molar-refractivity contribution in [2.45, 2.75) is 124 Å². The quantitative estimate of drug-likeness (QED) is 0.109. The number of likely N-dealkylation sites (N-methyl/N-ethyl adjacent to an activating group) is 1. The predicted molar refractivity (Wildman–Crippen MR) is 140 cm³/mol. The van der Waals surface area contributed by atoms with Gasteiger partial charge in [-0.25, -0.2) is 0 Å². The lowest BCUT2D eigenvalue weighted by Crippen LogP contribution is -2.69. The molecule has 0 aromatic heterocycles. The summed E-state index contributed by atoms with van der Waals surface area (Å²) in [6.07, 6.45) is -8.78. The summed E-state index contributed by atoms with van der Waals surface area (Å²) in [6.45, 7) is 2.68. The number of fused-ring (bicyclic) bond motifs is 1. The van der Waals surface area contributed by atoms with Crippen LogP contribution < -0.4 is 27.8 Å². The molecule has 3 heterocycles. The van der Waals surface area contributed by atoms with Gasteiger partial charge in [0, 0.05) is 12.1 Å². The Kier molecular flexibility index (Phi) is 11.5. The number of aliphatic hydroxyl groups is 5. The average molecular weight is 580 g/mol. The third-order valence-electron chi connectivity index (χ3n) is 8.58. The molecule has 0 aromatic rings. The molecule has 0 amide bonds. The van der Waals surface area contributed by atoms with Crippen molar-refractivity contribution in [3.05, 3.63) is 0 Å². The number of nitrogens with two attached hydrogens (primary N) is 3. The lowest BCUT2D eigenvalue weighted by molar-refractivity contribution is -0.368. The van der Waals surface area contributed by atoms with Crippen LogP contribution in [0.15, 0.2) is 0 Å². The van der Waals surface area contributed by atoms with Gasteiger partial charge in [-0.1, -0.05) is 6.92 Å². The average Bonchev–Trinajstić information content (AvgIpc) is 2.92. The molecule has 1 aliphatic carbocycles. The molecule has 0 aromatic carbocycles. The van der Waals surface area contributed by atoms with Crippen LogP contribution in [0, 0.1) is 5.92 Å². The fourth-order valence-corrected chi connectivity index (χ4v) is 6.20. The van der Waals surface area contributed by atoms with E-state index in [2.05, 4.69) is 10.6 Å². The Morgan fingerprint density at radius 2 is 1.62 bits per heavy atom. The molecule has 3 aliphatic heterocycles. The standard InChI is InChI=1S/C25H49N5O10/c1-10-6-11(27)21(20(35)18(10)33)38-23-12(28)7-15-22(39-23)19(34)17(29-2)25(36-15)40-24-14(32)8-13(16(9-31)37-24)30-5-3-4-26/h10-25,29-35H,3-9,26-28H2,1-2H3/t10-,11?,12?,13+,14?,15+,16?,17?,18?,19?,20?,21-,22?,23+,24-,25?/m1/s1. The molecule has 16 atom stereocenters. The number of hydrogen-bond acceptors (Lipinski definition) is 15. The Hall–Kier alpha value is -0.600. The molecule has 4 aliphatic rings. The molecular weight excluding hydrogens is 530 g/mol. The zero-order chi connectivity index (χ0) is 29.1. The Bertz CT molecular complexity index is 788. The van der Waals surface area contributed by atoms with Crippen LogP contribution in [0.1, 0.15) is 32.6 Å². The fourth-order valence-electron chi connectivity index (χ4n) is 6.20. The van der Waals surface area contributed by atoms with Crippen LogP contribution in [-0.2, 0) is 23.7 Å². The minimum Gasteiger partial charge on any atom is -0.394 e. The van der Waals surface area contributed by atoms with Gasteiger partial charge in [-0.05, 0) is 51.7 Å². The van der Waals surface area contributed by atoms with E-state index in [1.807, 2.05) is 6.92 Å². The number of nitrogens with one attached hydrogen (secondary N) is 2. The van der Waals surface area contributed by atoms with Crippen molar-refractivity contribution in [3.63, 3.8) is 0 Å². The van der Waals surface area contributed by atoms with Crippen LogP contribution in [0.4, 0.5) is 0 Å². The van der Waals surface area contributed by atoms with Crippen molar-refractivity contribution in [2.75, 3.05) is 26.7 Å². The van der Waals surface area contributed by atoms with Gasteiger partial charge < -0.3 is 77.1 Å². The number of ether oxygens (including phenoxy) is 5. The zero-order valence-electron chi connectivity index (χ0n) is 23.2. The number of hydrogen-bond donors (Lipinski definition) is 10. The van der Waals surface area contributed by atoms with E-state index in [1.54, 1.807) is 7.05 Å². The summed E-state index contributed by atoms with van der Waals surface area (Å²) in [5, 5.41) is 59.0. The highest BCUT2D eigenvalue weighted by atomic mass is 16.8. The molecular formula is C25H49N5O10. The molecule has 13 N–H and O–H groups in total. The molecule has 0 spiro atoms. The zero-order valence-corrected chi connectivity index (χ0v) is 23.2. The van der Waals surface area contributed by atoms with Crippen molar-refractivity contribution in [3.8, 4) is 0 Å². The van der Waals surface area contributed by atoms with E-state index >= 15 is 0 Å². The van der Waals surface area contributed by atoms with Gasteiger partial charge in [0.25, 0.3) is 0 Å². The topological polar surface area (TPSA) is 249 Å². The Morgan fingerprint density at radius 1 is 0.875 bits per heavy atom. The maximum Gasteiger partial charge on any atom is 0.187 e. The lowest BCUT2D eigenvalue weighted by atomic mass is 9.80. The smallest absolute Gasteiger partial charge is 0.187 e. The summed E-state index contributed by atoms with van der Waals surface area (Å²) in [4.78, 5) is 0. The van der Waals surface area contributed by atoms with E-state index in [1.165, 1.54) is 0 Å². The summed E-state index contributed by atoms with van der Waals surface area (Å²) in [6, 6.07) is -2.27. The van der Waals surface area contributed by atoms with Gasteiger partial charge in [-0.2, -0.15) is 0 Å². The molecule has 3 saturated heterocycles. The molecule has 4 fully saturated rings. The summed E-state index contributed by atoms with van der Waals surface area (Å²) in [7, 11) is 1.63. The first-order valence-corrected chi connectivity index (χ1v) is 14.3. The fraction of sp³-hybridized carbons (Fsp3) is 1.00. The van der Waals surface area contributed by atoms with Gasteiger partial charge in [0.05, 0.1) is 37.0 Å². The monoisotopic (exact) mass is 579 g/mol. The highest BCUT2D eigenvalue weighted by molar-refractivity contribution is 5.00. The van der Waals surface area contributed by atoms with Gasteiger partial charge in [-0.15, -0.1) is 0 Å². The molecule has 40 heavy (non-hydrogen) atoms. The Labute approximate surface area is 234 Å². The lowest BCUT2D eigenvalue weighted by Gasteiger charge is -2.51. The van der Waals surface area contributed by atoms with Crippen molar-refractivity contribution in [1.82, 2.24) is 10.6 Å². The minimum absolute atomic E-state index is 0.185. The van der Waals surface area contributed by atoms with Gasteiger partial charge in [-0.3, -0.25) is 0 Å². The number of aliphatic hydroxyl groups excluding tert-OH is 5. The number of rotatable bonds is 10. The maximum atomic E-state index is 11.3. The second-order valence-electron chi connectivity index (χ2n) is 11.5. The molecule has 15 nitrogen and oxygen atoms in total. The van der Waals surface area contributed by atoms with E-state index in [-0.39, 0.29) is 31.4 Å². The van der Waals surface area contributed by atoms with Gasteiger partial charge in [0.15, 0.2) is 18.9 Å². The molecule has 234 valence electrons. The third-order valence-corrected chi connectivity index (χ3v) is 8.58. The van der Waals surface area contributed by atoms with Crippen LogP contribution in [0.3, 0.4) is 0 Å². The highest BCUT2D eigenvalue weighted by Gasteiger charge is 2.53. The van der Waals surface area contributed by atoms with Gasteiger partial charge in [0.1, 0.15) is 30.5 Å². The molecule has 4 rings (SSSR count). The first-order chi connectivity index (χ1) is 19.1. The van der Waals surface area contributed by atoms with E-state index in [0.717, 1.165) is 6.42 Å². The Balaban J connectivity index is 1.38. The van der Waals surface area contributed by atoms with Crippen molar-refractivity contribution in [2.24, 2.45) is 23.1 Å². The van der Waals surface area contributed by atoms with Crippen LogP contribution in [-0.4, -0.2) is 144 Å². The largest absolute Gasteiger partial charge is 0.394 e. The Morgan fingerprint density at radius 3 is 2.30 bits per heavy atom. The van der Waals surface area contributed by atoms with Gasteiger partial charge in [0.2, 0.25) is 0 Å². The van der Waals surface area contributed by atoms with Crippen molar-refractivity contribution in [1.29, 1.82) is 0 Å². The SMILES string of the molecule is CNC1C(O[C@H]2OC(CO)[C@@H](NCCCN)CC2O)O[C@H]2CC(N)[C@@H](O[C@@H]3C(N)C[C@@H](C)C(O)C3O)OC2C1O. The third kappa shape index (κ3) is 6.96. The van der Waals surface area contributed by atoms with Gasteiger partial charge >= 0.3 is 0 Å². The molecule has 1 saturated carbocycles. The first kappa shape index (κ1) is 32.3. The predicted octanol–water partition coefficient (Wildman–Crippen LogP) is -4.63. The van der Waals surface area contributed by atoms with Crippen LogP contribution in [0.5, 0.6) is 0 Å². The van der Waals surface area contributed by atoms with Crippen molar-refractivity contribution < 1.29 is 49.2 Å². The van der Waals surface area contributed by atoms with E-state index < -0.39 is 85.8 Å². The first-order valence-electron chi connectivity index (χ1n) is 14.3. The van der Waals surface area contributed by atoms with E-state index in [4.69, 9.17) is 40.9 Å². The van der Waals surface area contributed by atoms with Crippen LogP contribution in [0.2, 0.25) is 0 Å². The van der Waals surface area contributed by atoms with Crippen LogP contribution >= 0.6 is 0 Å². The second-order valence-corrected chi connectivity index (χ2v) is 11.5. The summed E-state index contributed by atoms with van der Waals surface area (Å²) >= 11 is 0. The van der Waals surface area contributed by atoms with Crippen molar-refractivity contribution >= 4 is 0 Å². The highest BCUT2D eigenvalue weighted by Crippen LogP contribution is 2.36. The molecule has 0 bridgehead atoms. The maximum absolute atomic E-state index is 11.3. The normalized spacial score (nSPS) is 50.0. The minimum atomic E-state index is -1.21. The molecule has 10 unspecified atom stereocenters. The second kappa shape index (κ2) is 14.2. The summed E-state index contributed by atoms with van der Waals surface area (Å²) in [5.41, 5.74) is 18.1. The van der Waals surface area contributed by atoms with E-state index in [9.17, 15) is 25.5 Å².